The van der Waals surface area contributed by atoms with Gasteiger partial charge in [-0.25, -0.2) is 4.79 Å². The molecule has 1 fully saturated rings. The third-order valence-electron chi connectivity index (χ3n) is 4.92. The van der Waals surface area contributed by atoms with Crippen LogP contribution in [0.4, 0.5) is 4.79 Å². The monoisotopic (exact) mass is 359 g/mol. The Morgan fingerprint density at radius 1 is 1.08 bits per heavy atom. The Kier molecular flexibility index (Phi) is 6.68. The van der Waals surface area contributed by atoms with E-state index in [-0.39, 0.29) is 17.4 Å². The van der Waals surface area contributed by atoms with Gasteiger partial charge in [-0.3, -0.25) is 4.79 Å². The predicted octanol–water partition coefficient (Wildman–Crippen LogP) is 3.56. The number of aryl methyl sites for hydroxylation is 1. The highest BCUT2D eigenvalue weighted by Crippen LogP contribution is 2.25. The number of nitrogens with zero attached hydrogens (tertiary/aromatic N) is 2. The van der Waals surface area contributed by atoms with Crippen molar-refractivity contribution in [3.05, 3.63) is 34.9 Å². The van der Waals surface area contributed by atoms with E-state index in [1.807, 2.05) is 29.7 Å². The predicted molar refractivity (Wildman–Crippen MR) is 106 cm³/mol. The van der Waals surface area contributed by atoms with E-state index in [2.05, 4.69) is 38.2 Å². The number of rotatable bonds is 3. The van der Waals surface area contributed by atoms with E-state index in [9.17, 15) is 9.59 Å². The summed E-state index contributed by atoms with van der Waals surface area (Å²) in [5, 5.41) is 2.92. The van der Waals surface area contributed by atoms with Gasteiger partial charge in [-0.15, -0.1) is 0 Å². The largest absolute Gasteiger partial charge is 0.338 e. The summed E-state index contributed by atoms with van der Waals surface area (Å²) in [6, 6.07) is 6.11. The number of hydrogen-bond donors (Lipinski definition) is 1. The van der Waals surface area contributed by atoms with Gasteiger partial charge >= 0.3 is 6.03 Å². The van der Waals surface area contributed by atoms with Gasteiger partial charge in [-0.05, 0) is 42.4 Å². The summed E-state index contributed by atoms with van der Waals surface area (Å²) in [6.45, 7) is 13.8. The van der Waals surface area contributed by atoms with Crippen LogP contribution in [0.25, 0.3) is 0 Å². The lowest BCUT2D eigenvalue weighted by molar-refractivity contribution is 0.0761. The summed E-state index contributed by atoms with van der Waals surface area (Å²) in [5.41, 5.74) is 3.09. The van der Waals surface area contributed by atoms with Crippen LogP contribution >= 0.6 is 0 Å². The summed E-state index contributed by atoms with van der Waals surface area (Å²) in [7, 11) is 0. The number of carbonyl (C=O) groups is 2. The van der Waals surface area contributed by atoms with Gasteiger partial charge in [0.1, 0.15) is 0 Å². The minimum absolute atomic E-state index is 0.0214. The summed E-state index contributed by atoms with van der Waals surface area (Å²) in [5.74, 6) is 0.0683. The summed E-state index contributed by atoms with van der Waals surface area (Å²) in [6.07, 6.45) is 1.73. The lowest BCUT2D eigenvalue weighted by Crippen LogP contribution is -2.42. The smallest absolute Gasteiger partial charge is 0.317 e. The molecule has 2 rings (SSSR count). The zero-order valence-electron chi connectivity index (χ0n) is 16.9. The van der Waals surface area contributed by atoms with Crippen LogP contribution < -0.4 is 5.32 Å². The zero-order valence-corrected chi connectivity index (χ0v) is 16.9. The fourth-order valence-corrected chi connectivity index (χ4v) is 3.21. The van der Waals surface area contributed by atoms with Crippen molar-refractivity contribution >= 4 is 11.9 Å². The van der Waals surface area contributed by atoms with Crippen molar-refractivity contribution in [1.29, 1.82) is 0 Å². The topological polar surface area (TPSA) is 52.7 Å². The van der Waals surface area contributed by atoms with Gasteiger partial charge in [0.05, 0.1) is 0 Å². The average molecular weight is 360 g/mol. The Hall–Kier alpha value is -2.04. The summed E-state index contributed by atoms with van der Waals surface area (Å²) < 4.78 is 0. The van der Waals surface area contributed by atoms with Gasteiger partial charge in [-0.2, -0.15) is 0 Å². The average Bonchev–Trinajstić information content (AvgIpc) is 2.84. The first kappa shape index (κ1) is 20.3. The molecular formula is C21H33N3O2. The number of carbonyl (C=O) groups excluding carboxylic acids is 2. The molecule has 0 unspecified atom stereocenters. The number of nitrogens with one attached hydrogen (secondary N) is 1. The van der Waals surface area contributed by atoms with Crippen molar-refractivity contribution < 1.29 is 9.59 Å². The normalized spacial score (nSPS) is 15.6. The Morgan fingerprint density at radius 3 is 2.35 bits per heavy atom. The molecule has 1 aliphatic rings. The molecule has 0 atom stereocenters. The van der Waals surface area contributed by atoms with E-state index in [1.54, 1.807) is 0 Å². The molecule has 1 aromatic rings. The molecule has 5 heteroatoms. The van der Waals surface area contributed by atoms with E-state index >= 15 is 0 Å². The first-order chi connectivity index (χ1) is 12.2. The van der Waals surface area contributed by atoms with E-state index in [0.717, 1.165) is 24.0 Å². The standard InChI is InChI=1S/C21H33N3O2/c1-6-10-22-20(26)24-12-7-11-23(13-14-24)19(25)18-9-8-17(15-16(18)2)21(3,4)5/h8-9,15H,6-7,10-14H2,1-5H3,(H,22,26). The molecule has 0 bridgehead atoms. The van der Waals surface area contributed by atoms with Crippen LogP contribution in [0.5, 0.6) is 0 Å². The van der Waals surface area contributed by atoms with Crippen LogP contribution in [0.3, 0.4) is 0 Å². The maximum atomic E-state index is 13.0. The van der Waals surface area contributed by atoms with Gasteiger partial charge in [-0.1, -0.05) is 39.8 Å². The van der Waals surface area contributed by atoms with Crippen LogP contribution in [0.15, 0.2) is 18.2 Å². The van der Waals surface area contributed by atoms with Crippen LogP contribution in [-0.2, 0) is 5.41 Å². The molecule has 144 valence electrons. The van der Waals surface area contributed by atoms with Crippen LogP contribution in [0.1, 0.15) is 62.0 Å². The molecule has 1 aromatic carbocycles. The Labute approximate surface area is 157 Å². The third kappa shape index (κ3) is 4.99. The first-order valence-corrected chi connectivity index (χ1v) is 9.67. The molecule has 0 aromatic heterocycles. The van der Waals surface area contributed by atoms with E-state index < -0.39 is 0 Å². The second-order valence-corrected chi connectivity index (χ2v) is 8.14. The first-order valence-electron chi connectivity index (χ1n) is 9.67. The number of urea groups is 1. The molecule has 1 heterocycles. The highest BCUT2D eigenvalue weighted by Gasteiger charge is 2.24. The number of amides is 3. The van der Waals surface area contributed by atoms with Crippen molar-refractivity contribution in [3.63, 3.8) is 0 Å². The Morgan fingerprint density at radius 2 is 1.73 bits per heavy atom. The van der Waals surface area contributed by atoms with Crippen LogP contribution in [0.2, 0.25) is 0 Å². The highest BCUT2D eigenvalue weighted by atomic mass is 16.2. The van der Waals surface area contributed by atoms with Gasteiger partial charge in [0.25, 0.3) is 5.91 Å². The van der Waals surface area contributed by atoms with Crippen molar-refractivity contribution in [2.45, 2.75) is 52.9 Å². The third-order valence-corrected chi connectivity index (χ3v) is 4.92. The van der Waals surface area contributed by atoms with Gasteiger partial charge in [0.2, 0.25) is 0 Å². The van der Waals surface area contributed by atoms with Crippen LogP contribution in [-0.4, -0.2) is 54.5 Å². The zero-order chi connectivity index (χ0) is 19.3. The molecule has 0 radical (unpaired) electrons. The Balaban J connectivity index is 2.05. The molecule has 1 aliphatic heterocycles. The van der Waals surface area contributed by atoms with E-state index in [0.29, 0.717) is 32.7 Å². The molecule has 3 amide bonds. The minimum Gasteiger partial charge on any atom is -0.338 e. The fraction of sp³-hybridized carbons (Fsp3) is 0.619. The number of hydrogen-bond acceptors (Lipinski definition) is 2. The lowest BCUT2D eigenvalue weighted by atomic mass is 9.85. The summed E-state index contributed by atoms with van der Waals surface area (Å²) >= 11 is 0. The number of benzene rings is 1. The van der Waals surface area contributed by atoms with Gasteiger partial charge in [0.15, 0.2) is 0 Å². The van der Waals surface area contributed by atoms with Crippen molar-refractivity contribution in [1.82, 2.24) is 15.1 Å². The van der Waals surface area contributed by atoms with Crippen molar-refractivity contribution in [2.75, 3.05) is 32.7 Å². The molecule has 0 saturated carbocycles. The maximum absolute atomic E-state index is 13.0. The Bertz CT molecular complexity index is 649. The highest BCUT2D eigenvalue weighted by molar-refractivity contribution is 5.95. The van der Waals surface area contributed by atoms with Crippen molar-refractivity contribution in [3.8, 4) is 0 Å². The SMILES string of the molecule is CCCNC(=O)N1CCCN(C(=O)c2ccc(C(C)(C)C)cc2C)CC1. The molecule has 1 N–H and O–H groups in total. The molecule has 1 saturated heterocycles. The van der Waals surface area contributed by atoms with Gasteiger partial charge < -0.3 is 15.1 Å². The minimum atomic E-state index is -0.0214. The lowest BCUT2D eigenvalue weighted by Gasteiger charge is -2.24. The second kappa shape index (κ2) is 8.56. The molecular weight excluding hydrogens is 326 g/mol. The summed E-state index contributed by atoms with van der Waals surface area (Å²) in [4.78, 5) is 28.8. The van der Waals surface area contributed by atoms with Crippen LogP contribution in [0, 0.1) is 6.92 Å². The van der Waals surface area contributed by atoms with E-state index in [1.165, 1.54) is 5.56 Å². The molecule has 0 aliphatic carbocycles. The molecule has 26 heavy (non-hydrogen) atoms. The molecule has 5 nitrogen and oxygen atoms in total. The van der Waals surface area contributed by atoms with Crippen molar-refractivity contribution in [2.24, 2.45) is 0 Å². The quantitative estimate of drug-likeness (QED) is 0.897. The molecule has 0 spiro atoms. The maximum Gasteiger partial charge on any atom is 0.317 e. The second-order valence-electron chi connectivity index (χ2n) is 8.14. The van der Waals surface area contributed by atoms with Gasteiger partial charge in [0, 0.05) is 38.3 Å². The fourth-order valence-electron chi connectivity index (χ4n) is 3.21. The van der Waals surface area contributed by atoms with E-state index in [4.69, 9.17) is 0 Å².